The Bertz CT molecular complexity index is 627. The van der Waals surface area contributed by atoms with Crippen LogP contribution in [0.4, 0.5) is 5.82 Å². The Balaban J connectivity index is 1.67. The topological polar surface area (TPSA) is 55.2 Å². The third-order valence-corrected chi connectivity index (χ3v) is 4.14. The van der Waals surface area contributed by atoms with Gasteiger partial charge in [-0.1, -0.05) is 13.0 Å². The quantitative estimate of drug-likeness (QED) is 0.886. The van der Waals surface area contributed by atoms with Crippen LogP contribution >= 0.6 is 0 Å². The average Bonchev–Trinajstić information content (AvgIpc) is 3.02. The van der Waals surface area contributed by atoms with E-state index in [1.54, 1.807) is 0 Å². The van der Waals surface area contributed by atoms with Crippen LogP contribution in [-0.2, 0) is 17.8 Å². The number of nitrogens with zero attached hydrogens (tertiary/aromatic N) is 4. The van der Waals surface area contributed by atoms with Gasteiger partial charge in [0.25, 0.3) is 0 Å². The molecular formula is C17H25N5O. The van der Waals surface area contributed by atoms with Crippen molar-refractivity contribution in [3.8, 4) is 0 Å². The Hall–Kier alpha value is -1.92. The number of nitrogens with one attached hydrogen (secondary N) is 1. The Morgan fingerprint density at radius 3 is 3.13 bits per heavy atom. The van der Waals surface area contributed by atoms with Gasteiger partial charge in [-0.25, -0.2) is 9.97 Å². The number of morpholine rings is 1. The summed E-state index contributed by atoms with van der Waals surface area (Å²) in [5.74, 6) is 2.01. The zero-order chi connectivity index (χ0) is 16.1. The van der Waals surface area contributed by atoms with Crippen molar-refractivity contribution < 1.29 is 4.74 Å². The molecule has 3 heterocycles. The second-order valence-corrected chi connectivity index (χ2v) is 5.83. The number of aryl methyl sites for hydroxylation is 1. The van der Waals surface area contributed by atoms with Crippen LogP contribution < -0.4 is 5.32 Å². The average molecular weight is 315 g/mol. The minimum atomic E-state index is 0.0200. The number of imidazole rings is 1. The molecule has 1 N–H and O–H groups in total. The zero-order valence-corrected chi connectivity index (χ0v) is 13.9. The molecule has 0 amide bonds. The van der Waals surface area contributed by atoms with Crippen molar-refractivity contribution in [2.24, 2.45) is 0 Å². The third kappa shape index (κ3) is 3.89. The summed E-state index contributed by atoms with van der Waals surface area (Å²) in [7, 11) is 1.88. The number of anilines is 1. The molecule has 1 fully saturated rings. The molecule has 1 aliphatic rings. The van der Waals surface area contributed by atoms with Gasteiger partial charge in [0.15, 0.2) is 0 Å². The number of pyridine rings is 1. The maximum Gasteiger partial charge on any atom is 0.126 e. The van der Waals surface area contributed by atoms with E-state index in [2.05, 4.69) is 37.9 Å². The van der Waals surface area contributed by atoms with Gasteiger partial charge in [0.1, 0.15) is 17.7 Å². The van der Waals surface area contributed by atoms with E-state index < -0.39 is 0 Å². The maximum absolute atomic E-state index is 5.93. The highest BCUT2D eigenvalue weighted by Gasteiger charge is 2.24. The van der Waals surface area contributed by atoms with Gasteiger partial charge in [-0.05, 0) is 18.6 Å². The molecule has 1 saturated heterocycles. The van der Waals surface area contributed by atoms with Crippen LogP contribution in [0, 0.1) is 0 Å². The van der Waals surface area contributed by atoms with Crippen LogP contribution in [0.3, 0.4) is 0 Å². The van der Waals surface area contributed by atoms with E-state index in [4.69, 9.17) is 4.74 Å². The summed E-state index contributed by atoms with van der Waals surface area (Å²) in [6.45, 7) is 6.58. The largest absolute Gasteiger partial charge is 0.373 e. The predicted molar refractivity (Wildman–Crippen MR) is 90.3 cm³/mol. The lowest BCUT2D eigenvalue weighted by Crippen LogP contribution is -2.38. The minimum absolute atomic E-state index is 0.0200. The summed E-state index contributed by atoms with van der Waals surface area (Å²) in [5.41, 5.74) is 0.985. The first kappa shape index (κ1) is 16.0. The number of aromatic nitrogens is 3. The van der Waals surface area contributed by atoms with E-state index in [1.807, 2.05) is 31.4 Å². The molecule has 23 heavy (non-hydrogen) atoms. The lowest BCUT2D eigenvalue weighted by Gasteiger charge is -2.32. The normalized spacial score (nSPS) is 19.0. The highest BCUT2D eigenvalue weighted by Crippen LogP contribution is 2.22. The van der Waals surface area contributed by atoms with E-state index in [1.165, 1.54) is 0 Å². The van der Waals surface area contributed by atoms with Gasteiger partial charge in [-0.3, -0.25) is 4.90 Å². The predicted octanol–water partition coefficient (Wildman–Crippen LogP) is 2.30. The Labute approximate surface area is 137 Å². The number of ether oxygens (including phenoxy) is 1. The molecule has 1 atom stereocenters. The molecule has 0 aromatic carbocycles. The highest BCUT2D eigenvalue weighted by molar-refractivity contribution is 5.34. The van der Waals surface area contributed by atoms with Crippen LogP contribution in [0.2, 0.25) is 0 Å². The van der Waals surface area contributed by atoms with Gasteiger partial charge < -0.3 is 14.6 Å². The summed E-state index contributed by atoms with van der Waals surface area (Å²) >= 11 is 0. The molecular weight excluding hydrogens is 290 g/mol. The first-order valence-electron chi connectivity index (χ1n) is 8.29. The molecule has 1 aliphatic heterocycles. The van der Waals surface area contributed by atoms with Crippen molar-refractivity contribution in [2.75, 3.05) is 32.1 Å². The van der Waals surface area contributed by atoms with Crippen LogP contribution in [0.1, 0.15) is 31.0 Å². The Morgan fingerprint density at radius 1 is 1.39 bits per heavy atom. The molecule has 0 spiro atoms. The van der Waals surface area contributed by atoms with Crippen molar-refractivity contribution in [3.63, 3.8) is 0 Å². The van der Waals surface area contributed by atoms with Gasteiger partial charge in [0, 0.05) is 39.1 Å². The van der Waals surface area contributed by atoms with Gasteiger partial charge in [-0.15, -0.1) is 0 Å². The van der Waals surface area contributed by atoms with Crippen molar-refractivity contribution in [1.29, 1.82) is 0 Å². The molecule has 0 bridgehead atoms. The summed E-state index contributed by atoms with van der Waals surface area (Å²) < 4.78 is 8.17. The Kier molecular flexibility index (Phi) is 5.25. The lowest BCUT2D eigenvalue weighted by molar-refractivity contribution is -0.0359. The second-order valence-electron chi connectivity index (χ2n) is 5.83. The summed E-state index contributed by atoms with van der Waals surface area (Å²) in [6, 6.07) is 6.02. The van der Waals surface area contributed by atoms with E-state index in [-0.39, 0.29) is 6.10 Å². The first-order chi connectivity index (χ1) is 11.3. The summed E-state index contributed by atoms with van der Waals surface area (Å²) in [6.07, 6.45) is 5.09. The minimum Gasteiger partial charge on any atom is -0.373 e. The molecule has 6 nitrogen and oxygen atoms in total. The monoisotopic (exact) mass is 315 g/mol. The zero-order valence-electron chi connectivity index (χ0n) is 13.9. The first-order valence-corrected chi connectivity index (χ1v) is 8.29. The summed E-state index contributed by atoms with van der Waals surface area (Å²) in [4.78, 5) is 11.5. The fourth-order valence-corrected chi connectivity index (χ4v) is 2.93. The standard InChI is InChI=1S/C17H25N5O/c1-3-8-22-9-7-19-17(22)13-21-10-11-23-15(12-21)14-5-4-6-16(18-2)20-14/h4-7,9,15H,3,8,10-13H2,1-2H3,(H,18,20)/t15-/m0/s1. The van der Waals surface area contributed by atoms with Gasteiger partial charge in [0.05, 0.1) is 18.8 Å². The molecule has 3 rings (SSSR count). The van der Waals surface area contributed by atoms with Crippen molar-refractivity contribution in [1.82, 2.24) is 19.4 Å². The van der Waals surface area contributed by atoms with Crippen molar-refractivity contribution in [2.45, 2.75) is 32.5 Å². The second kappa shape index (κ2) is 7.57. The molecule has 2 aromatic rings. The van der Waals surface area contributed by atoms with E-state index >= 15 is 0 Å². The highest BCUT2D eigenvalue weighted by atomic mass is 16.5. The molecule has 0 unspecified atom stereocenters. The summed E-state index contributed by atoms with van der Waals surface area (Å²) in [5, 5.41) is 3.08. The molecule has 124 valence electrons. The Morgan fingerprint density at radius 2 is 2.30 bits per heavy atom. The van der Waals surface area contributed by atoms with Crippen LogP contribution in [-0.4, -0.2) is 46.2 Å². The molecule has 2 aromatic heterocycles. The van der Waals surface area contributed by atoms with E-state index in [9.17, 15) is 0 Å². The molecule has 6 heteroatoms. The number of rotatable bonds is 6. The van der Waals surface area contributed by atoms with Crippen LogP contribution in [0.15, 0.2) is 30.6 Å². The van der Waals surface area contributed by atoms with Gasteiger partial charge in [-0.2, -0.15) is 0 Å². The fourth-order valence-electron chi connectivity index (χ4n) is 2.93. The van der Waals surface area contributed by atoms with E-state index in [0.717, 1.165) is 56.5 Å². The smallest absolute Gasteiger partial charge is 0.126 e. The van der Waals surface area contributed by atoms with Crippen LogP contribution in [0.5, 0.6) is 0 Å². The third-order valence-electron chi connectivity index (χ3n) is 4.14. The molecule has 0 aliphatic carbocycles. The van der Waals surface area contributed by atoms with Gasteiger partial charge >= 0.3 is 0 Å². The number of hydrogen-bond donors (Lipinski definition) is 1. The van der Waals surface area contributed by atoms with E-state index in [0.29, 0.717) is 0 Å². The SMILES string of the molecule is CCCn1ccnc1CN1CCO[C@H](c2cccc(NC)n2)C1. The maximum atomic E-state index is 5.93. The van der Waals surface area contributed by atoms with Crippen molar-refractivity contribution >= 4 is 5.82 Å². The molecule has 0 saturated carbocycles. The van der Waals surface area contributed by atoms with Gasteiger partial charge in [0.2, 0.25) is 0 Å². The fraction of sp³-hybridized carbons (Fsp3) is 0.529. The number of hydrogen-bond acceptors (Lipinski definition) is 5. The lowest BCUT2D eigenvalue weighted by atomic mass is 10.2. The van der Waals surface area contributed by atoms with Crippen LogP contribution in [0.25, 0.3) is 0 Å². The van der Waals surface area contributed by atoms with Crippen molar-refractivity contribution in [3.05, 3.63) is 42.1 Å². The molecule has 0 radical (unpaired) electrons.